The molecule has 2 atom stereocenters. The number of aryl methyl sites for hydroxylation is 1. The SMILES string of the molecule is C=C1/C=C\C=C/CC2C=CC(C)=C(c3cccc[n+]3C)C2O1. The van der Waals surface area contributed by atoms with Crippen molar-refractivity contribution in [1.82, 2.24) is 0 Å². The summed E-state index contributed by atoms with van der Waals surface area (Å²) in [6.45, 7) is 6.18. The molecular weight excluding hydrogens is 270 g/mol. The third-order valence-electron chi connectivity index (χ3n) is 4.24. The van der Waals surface area contributed by atoms with Crippen molar-refractivity contribution in [2.24, 2.45) is 13.0 Å². The van der Waals surface area contributed by atoms with E-state index in [1.165, 1.54) is 16.8 Å². The maximum Gasteiger partial charge on any atom is 0.212 e. The van der Waals surface area contributed by atoms with E-state index < -0.39 is 0 Å². The highest BCUT2D eigenvalue weighted by atomic mass is 16.5. The number of pyridine rings is 1. The number of ether oxygens (including phenoxy) is 1. The van der Waals surface area contributed by atoms with Crippen molar-refractivity contribution in [1.29, 1.82) is 0 Å². The molecule has 1 aromatic rings. The Morgan fingerprint density at radius 3 is 2.91 bits per heavy atom. The molecule has 2 nitrogen and oxygen atoms in total. The predicted molar refractivity (Wildman–Crippen MR) is 89.8 cm³/mol. The van der Waals surface area contributed by atoms with Gasteiger partial charge in [-0.25, -0.2) is 4.57 Å². The van der Waals surface area contributed by atoms with Gasteiger partial charge in [0.25, 0.3) is 0 Å². The van der Waals surface area contributed by atoms with Crippen LogP contribution in [0.5, 0.6) is 0 Å². The van der Waals surface area contributed by atoms with E-state index in [2.05, 4.69) is 67.8 Å². The number of nitrogens with zero attached hydrogens (tertiary/aromatic N) is 1. The Hall–Kier alpha value is -2.35. The fourth-order valence-electron chi connectivity index (χ4n) is 3.08. The van der Waals surface area contributed by atoms with E-state index in [0.717, 1.165) is 6.42 Å². The van der Waals surface area contributed by atoms with E-state index >= 15 is 0 Å². The molecule has 0 amide bonds. The van der Waals surface area contributed by atoms with Crippen molar-refractivity contribution in [2.75, 3.05) is 0 Å². The first kappa shape index (κ1) is 14.6. The Bertz CT molecular complexity index is 706. The molecule has 112 valence electrons. The van der Waals surface area contributed by atoms with Crippen LogP contribution in [0.2, 0.25) is 0 Å². The molecule has 0 bridgehead atoms. The van der Waals surface area contributed by atoms with Gasteiger partial charge in [0.05, 0.1) is 5.57 Å². The second-order valence-corrected chi connectivity index (χ2v) is 5.84. The molecule has 3 rings (SSSR count). The average molecular weight is 292 g/mol. The number of hydrogen-bond donors (Lipinski definition) is 0. The number of rotatable bonds is 1. The quantitative estimate of drug-likeness (QED) is 0.716. The van der Waals surface area contributed by atoms with Gasteiger partial charge in [-0.3, -0.25) is 0 Å². The van der Waals surface area contributed by atoms with Gasteiger partial charge in [0.1, 0.15) is 18.9 Å². The third kappa shape index (κ3) is 2.82. The fourth-order valence-corrected chi connectivity index (χ4v) is 3.08. The zero-order valence-corrected chi connectivity index (χ0v) is 13.2. The van der Waals surface area contributed by atoms with Crippen LogP contribution in [0.25, 0.3) is 5.57 Å². The van der Waals surface area contributed by atoms with Gasteiger partial charge in [-0.05, 0) is 31.1 Å². The van der Waals surface area contributed by atoms with E-state index in [4.69, 9.17) is 4.74 Å². The molecule has 0 radical (unpaired) electrons. The summed E-state index contributed by atoms with van der Waals surface area (Å²) in [6, 6.07) is 6.27. The molecule has 0 saturated heterocycles. The molecule has 2 aliphatic rings. The summed E-state index contributed by atoms with van der Waals surface area (Å²) in [7, 11) is 2.08. The molecular formula is C20H22NO+. The molecule has 1 aliphatic carbocycles. The first-order valence-electron chi connectivity index (χ1n) is 7.69. The summed E-state index contributed by atoms with van der Waals surface area (Å²) >= 11 is 0. The van der Waals surface area contributed by atoms with Crippen molar-refractivity contribution in [2.45, 2.75) is 19.4 Å². The summed E-state index contributed by atoms with van der Waals surface area (Å²) in [6.07, 6.45) is 15.7. The number of hydrogen-bond acceptors (Lipinski definition) is 1. The van der Waals surface area contributed by atoms with Gasteiger partial charge in [-0.2, -0.15) is 0 Å². The van der Waals surface area contributed by atoms with Crippen molar-refractivity contribution < 1.29 is 9.30 Å². The molecule has 0 aromatic carbocycles. The Labute approximate surface area is 132 Å². The summed E-state index contributed by atoms with van der Waals surface area (Å²) in [5.74, 6) is 1.03. The molecule has 0 N–H and O–H groups in total. The lowest BCUT2D eigenvalue weighted by atomic mass is 9.83. The first-order valence-corrected chi connectivity index (χ1v) is 7.69. The lowest BCUT2D eigenvalue weighted by Crippen LogP contribution is -2.37. The lowest BCUT2D eigenvalue weighted by molar-refractivity contribution is -0.674. The van der Waals surface area contributed by atoms with Crippen LogP contribution in [0.15, 0.2) is 78.8 Å². The minimum absolute atomic E-state index is 0.00139. The maximum atomic E-state index is 6.22. The molecule has 0 fully saturated rings. The number of fused-ring (bicyclic) bond motifs is 1. The van der Waals surface area contributed by atoms with Crippen LogP contribution >= 0.6 is 0 Å². The minimum Gasteiger partial charge on any atom is -0.485 e. The van der Waals surface area contributed by atoms with Crippen LogP contribution in [-0.2, 0) is 11.8 Å². The fraction of sp³-hybridized carbons (Fsp3) is 0.250. The van der Waals surface area contributed by atoms with Crippen LogP contribution in [0.3, 0.4) is 0 Å². The zero-order valence-electron chi connectivity index (χ0n) is 13.2. The normalized spacial score (nSPS) is 27.3. The lowest BCUT2D eigenvalue weighted by Gasteiger charge is -2.30. The Balaban J connectivity index is 2.08. The van der Waals surface area contributed by atoms with Crippen LogP contribution < -0.4 is 4.57 Å². The molecule has 1 aliphatic heterocycles. The summed E-state index contributed by atoms with van der Waals surface area (Å²) in [5.41, 5.74) is 3.70. The van der Waals surface area contributed by atoms with E-state index in [9.17, 15) is 0 Å². The summed E-state index contributed by atoms with van der Waals surface area (Å²) in [5, 5.41) is 0. The monoisotopic (exact) mass is 292 g/mol. The van der Waals surface area contributed by atoms with Gasteiger partial charge >= 0.3 is 0 Å². The highest BCUT2D eigenvalue weighted by Gasteiger charge is 2.33. The van der Waals surface area contributed by atoms with Gasteiger partial charge in [0, 0.05) is 18.1 Å². The summed E-state index contributed by atoms with van der Waals surface area (Å²) in [4.78, 5) is 0. The smallest absolute Gasteiger partial charge is 0.212 e. The second-order valence-electron chi connectivity index (χ2n) is 5.84. The Morgan fingerprint density at radius 2 is 2.09 bits per heavy atom. The minimum atomic E-state index is -0.00139. The van der Waals surface area contributed by atoms with E-state index in [-0.39, 0.29) is 6.10 Å². The van der Waals surface area contributed by atoms with Gasteiger partial charge in [-0.1, -0.05) is 37.0 Å². The molecule has 2 unspecified atom stereocenters. The van der Waals surface area contributed by atoms with Crippen LogP contribution in [0, 0.1) is 5.92 Å². The van der Waals surface area contributed by atoms with Crippen LogP contribution in [-0.4, -0.2) is 6.10 Å². The standard InChI is InChI=1S/C20H22NO/c1-15-12-13-17-10-6-4-5-9-16(2)22-20(17)19(15)18-11-7-8-14-21(18)3/h4-9,11-14,17,20H,2,10H2,1,3H3/q+1/b6-4-,9-5-. The molecule has 0 saturated carbocycles. The predicted octanol–water partition coefficient (Wildman–Crippen LogP) is 3.89. The van der Waals surface area contributed by atoms with Crippen LogP contribution in [0.4, 0.5) is 0 Å². The largest absolute Gasteiger partial charge is 0.485 e. The first-order chi connectivity index (χ1) is 10.7. The van der Waals surface area contributed by atoms with E-state index in [0.29, 0.717) is 11.7 Å². The topological polar surface area (TPSA) is 13.1 Å². The van der Waals surface area contributed by atoms with Crippen molar-refractivity contribution in [3.63, 3.8) is 0 Å². The highest BCUT2D eigenvalue weighted by Crippen LogP contribution is 2.36. The third-order valence-corrected chi connectivity index (χ3v) is 4.24. The molecule has 2 heterocycles. The summed E-state index contributed by atoms with van der Waals surface area (Å²) < 4.78 is 8.38. The number of allylic oxidation sites excluding steroid dienone is 6. The Kier molecular flexibility index (Phi) is 4.10. The van der Waals surface area contributed by atoms with Gasteiger partial charge in [-0.15, -0.1) is 0 Å². The molecule has 2 heteroatoms. The van der Waals surface area contributed by atoms with Crippen LogP contribution in [0.1, 0.15) is 19.0 Å². The van der Waals surface area contributed by atoms with E-state index in [1.54, 1.807) is 0 Å². The zero-order chi connectivity index (χ0) is 15.5. The molecule has 1 aromatic heterocycles. The van der Waals surface area contributed by atoms with Crippen molar-refractivity contribution in [3.05, 3.63) is 84.5 Å². The highest BCUT2D eigenvalue weighted by molar-refractivity contribution is 5.72. The van der Waals surface area contributed by atoms with E-state index in [1.807, 2.05) is 18.2 Å². The molecule has 0 spiro atoms. The van der Waals surface area contributed by atoms with Crippen molar-refractivity contribution >= 4 is 5.57 Å². The Morgan fingerprint density at radius 1 is 1.23 bits per heavy atom. The molecule has 22 heavy (non-hydrogen) atoms. The van der Waals surface area contributed by atoms with Gasteiger partial charge < -0.3 is 4.74 Å². The van der Waals surface area contributed by atoms with Gasteiger partial charge in [0.2, 0.25) is 5.69 Å². The second kappa shape index (κ2) is 6.18. The van der Waals surface area contributed by atoms with Crippen molar-refractivity contribution in [3.8, 4) is 0 Å². The number of aromatic nitrogens is 1. The van der Waals surface area contributed by atoms with Gasteiger partial charge in [0.15, 0.2) is 6.20 Å². The average Bonchev–Trinajstić information content (AvgIpc) is 2.58. The maximum absolute atomic E-state index is 6.22.